The van der Waals surface area contributed by atoms with Crippen molar-refractivity contribution in [3.63, 3.8) is 0 Å². The molecule has 0 fully saturated rings. The van der Waals surface area contributed by atoms with Crippen LogP contribution in [0.2, 0.25) is 0 Å². The fourth-order valence-corrected chi connectivity index (χ4v) is 2.59. The van der Waals surface area contributed by atoms with Gasteiger partial charge in [0.05, 0.1) is 24.5 Å². The van der Waals surface area contributed by atoms with Gasteiger partial charge in [-0.15, -0.1) is 0 Å². The van der Waals surface area contributed by atoms with Crippen molar-refractivity contribution in [3.8, 4) is 0 Å². The molecule has 120 valence electrons. The maximum atomic E-state index is 12.5. The van der Waals surface area contributed by atoms with Crippen molar-refractivity contribution >= 4 is 11.6 Å². The minimum atomic E-state index is -4.24. The molecule has 5 nitrogen and oxygen atoms in total. The van der Waals surface area contributed by atoms with E-state index in [0.717, 1.165) is 5.56 Å². The van der Waals surface area contributed by atoms with E-state index in [2.05, 4.69) is 15.5 Å². The third kappa shape index (κ3) is 3.65. The van der Waals surface area contributed by atoms with Gasteiger partial charge in [-0.05, 0) is 23.3 Å². The smallest absolute Gasteiger partial charge is 0.322 e. The van der Waals surface area contributed by atoms with Gasteiger partial charge in [0.1, 0.15) is 0 Å². The van der Waals surface area contributed by atoms with Gasteiger partial charge in [-0.1, -0.05) is 12.1 Å². The number of amides is 1. The SMILES string of the molecule is O=C(Nc1cccc2c1CN(CC(F)(F)F)C2)c1ccnnc1. The lowest BCUT2D eigenvalue weighted by Crippen LogP contribution is -2.30. The van der Waals surface area contributed by atoms with E-state index in [1.807, 2.05) is 0 Å². The molecule has 8 heteroatoms. The first-order chi connectivity index (χ1) is 10.9. The Morgan fingerprint density at radius 1 is 1.22 bits per heavy atom. The summed E-state index contributed by atoms with van der Waals surface area (Å²) in [6.45, 7) is -0.599. The van der Waals surface area contributed by atoms with Gasteiger partial charge >= 0.3 is 6.18 Å². The van der Waals surface area contributed by atoms with Crippen LogP contribution in [0, 0.1) is 0 Å². The van der Waals surface area contributed by atoms with E-state index in [-0.39, 0.29) is 19.0 Å². The Labute approximate surface area is 130 Å². The number of anilines is 1. The van der Waals surface area contributed by atoms with Crippen molar-refractivity contribution < 1.29 is 18.0 Å². The average Bonchev–Trinajstić information content (AvgIpc) is 2.89. The third-order valence-electron chi connectivity index (χ3n) is 3.55. The normalized spacial score (nSPS) is 14.6. The van der Waals surface area contributed by atoms with Crippen molar-refractivity contribution in [1.82, 2.24) is 15.1 Å². The number of nitrogens with zero attached hydrogens (tertiary/aromatic N) is 3. The number of aromatic nitrogens is 2. The van der Waals surface area contributed by atoms with E-state index >= 15 is 0 Å². The Bertz CT molecular complexity index is 718. The lowest BCUT2D eigenvalue weighted by atomic mass is 10.1. The highest BCUT2D eigenvalue weighted by Crippen LogP contribution is 2.31. The Balaban J connectivity index is 1.77. The summed E-state index contributed by atoms with van der Waals surface area (Å²) < 4.78 is 37.6. The van der Waals surface area contributed by atoms with Crippen LogP contribution in [0.4, 0.5) is 18.9 Å². The second-order valence-electron chi connectivity index (χ2n) is 5.29. The Morgan fingerprint density at radius 2 is 2.04 bits per heavy atom. The number of hydrogen-bond acceptors (Lipinski definition) is 4. The fraction of sp³-hybridized carbons (Fsp3) is 0.267. The zero-order chi connectivity index (χ0) is 16.4. The fourth-order valence-electron chi connectivity index (χ4n) is 2.59. The van der Waals surface area contributed by atoms with Gasteiger partial charge in [-0.3, -0.25) is 9.69 Å². The summed E-state index contributed by atoms with van der Waals surface area (Å²) in [5, 5.41) is 9.95. The molecule has 1 aromatic carbocycles. The van der Waals surface area contributed by atoms with Crippen LogP contribution in [0.1, 0.15) is 21.5 Å². The molecule has 0 radical (unpaired) electrons. The van der Waals surface area contributed by atoms with Crippen LogP contribution >= 0.6 is 0 Å². The standard InChI is InChI=1S/C15H13F3N4O/c16-15(17,18)9-22-7-11-2-1-3-13(12(11)8-22)21-14(23)10-4-5-19-20-6-10/h1-6H,7-9H2,(H,21,23). The molecule has 1 amide bonds. The molecule has 0 saturated heterocycles. The zero-order valence-electron chi connectivity index (χ0n) is 12.0. The zero-order valence-corrected chi connectivity index (χ0v) is 12.0. The van der Waals surface area contributed by atoms with E-state index in [1.54, 1.807) is 18.2 Å². The molecule has 0 spiro atoms. The molecule has 0 aliphatic carbocycles. The lowest BCUT2D eigenvalue weighted by molar-refractivity contribution is -0.146. The Hall–Kier alpha value is -2.48. The molecule has 2 heterocycles. The van der Waals surface area contributed by atoms with Gasteiger partial charge in [-0.2, -0.15) is 23.4 Å². The molecular weight excluding hydrogens is 309 g/mol. The Kier molecular flexibility index (Phi) is 3.99. The molecule has 0 atom stereocenters. The molecule has 2 aromatic rings. The number of benzene rings is 1. The van der Waals surface area contributed by atoms with Crippen LogP contribution in [-0.4, -0.2) is 33.7 Å². The van der Waals surface area contributed by atoms with Crippen LogP contribution in [-0.2, 0) is 13.1 Å². The van der Waals surface area contributed by atoms with Crippen molar-refractivity contribution in [2.45, 2.75) is 19.3 Å². The van der Waals surface area contributed by atoms with Crippen LogP contribution in [0.5, 0.6) is 0 Å². The van der Waals surface area contributed by atoms with Gasteiger partial charge in [0.2, 0.25) is 0 Å². The van der Waals surface area contributed by atoms with Gasteiger partial charge in [-0.25, -0.2) is 0 Å². The minimum Gasteiger partial charge on any atom is -0.322 e. The summed E-state index contributed by atoms with van der Waals surface area (Å²) in [6.07, 6.45) is -1.52. The molecule has 1 aromatic heterocycles. The van der Waals surface area contributed by atoms with Gasteiger partial charge in [0.25, 0.3) is 5.91 Å². The van der Waals surface area contributed by atoms with E-state index in [0.29, 0.717) is 16.8 Å². The monoisotopic (exact) mass is 322 g/mol. The van der Waals surface area contributed by atoms with Crippen LogP contribution in [0.25, 0.3) is 0 Å². The summed E-state index contributed by atoms with van der Waals surface area (Å²) in [6, 6.07) is 6.69. The van der Waals surface area contributed by atoms with Crippen LogP contribution in [0.3, 0.4) is 0 Å². The summed E-state index contributed by atoms with van der Waals surface area (Å²) in [4.78, 5) is 13.5. The van der Waals surface area contributed by atoms with Crippen LogP contribution < -0.4 is 5.32 Å². The van der Waals surface area contributed by atoms with Crippen LogP contribution in [0.15, 0.2) is 36.7 Å². The van der Waals surface area contributed by atoms with E-state index < -0.39 is 12.7 Å². The number of rotatable bonds is 3. The highest BCUT2D eigenvalue weighted by Gasteiger charge is 2.34. The number of carbonyl (C=O) groups excluding carboxylic acids is 1. The summed E-state index contributed by atoms with van der Waals surface area (Å²) in [5.74, 6) is -0.373. The summed E-state index contributed by atoms with van der Waals surface area (Å²) in [5.41, 5.74) is 2.36. The topological polar surface area (TPSA) is 58.1 Å². The summed E-state index contributed by atoms with van der Waals surface area (Å²) in [7, 11) is 0. The maximum absolute atomic E-state index is 12.5. The van der Waals surface area contributed by atoms with Crippen molar-refractivity contribution in [3.05, 3.63) is 53.3 Å². The van der Waals surface area contributed by atoms with Crippen molar-refractivity contribution in [1.29, 1.82) is 0 Å². The highest BCUT2D eigenvalue weighted by molar-refractivity contribution is 6.04. The predicted molar refractivity (Wildman–Crippen MR) is 76.6 cm³/mol. The first-order valence-electron chi connectivity index (χ1n) is 6.90. The molecule has 23 heavy (non-hydrogen) atoms. The molecule has 0 unspecified atom stereocenters. The number of hydrogen-bond donors (Lipinski definition) is 1. The molecule has 0 saturated carbocycles. The van der Waals surface area contributed by atoms with E-state index in [9.17, 15) is 18.0 Å². The van der Waals surface area contributed by atoms with Crippen molar-refractivity contribution in [2.75, 3.05) is 11.9 Å². The highest BCUT2D eigenvalue weighted by atomic mass is 19.4. The maximum Gasteiger partial charge on any atom is 0.401 e. The largest absolute Gasteiger partial charge is 0.401 e. The predicted octanol–water partition coefficient (Wildman–Crippen LogP) is 2.61. The molecular formula is C15H13F3N4O. The lowest BCUT2D eigenvalue weighted by Gasteiger charge is -2.17. The molecule has 1 N–H and O–H groups in total. The van der Waals surface area contributed by atoms with Gasteiger partial charge in [0.15, 0.2) is 0 Å². The average molecular weight is 322 g/mol. The minimum absolute atomic E-state index is 0.153. The number of fused-ring (bicyclic) bond motifs is 1. The first-order valence-corrected chi connectivity index (χ1v) is 6.90. The summed E-state index contributed by atoms with van der Waals surface area (Å²) >= 11 is 0. The number of halogens is 3. The first kappa shape index (κ1) is 15.4. The molecule has 1 aliphatic rings. The number of carbonyl (C=O) groups is 1. The van der Waals surface area contributed by atoms with E-state index in [4.69, 9.17) is 0 Å². The number of alkyl halides is 3. The van der Waals surface area contributed by atoms with Gasteiger partial charge in [0, 0.05) is 18.8 Å². The quantitative estimate of drug-likeness (QED) is 0.944. The molecule has 3 rings (SSSR count). The number of nitrogens with one attached hydrogen (secondary N) is 1. The third-order valence-corrected chi connectivity index (χ3v) is 3.55. The molecule has 0 bridgehead atoms. The van der Waals surface area contributed by atoms with E-state index in [1.165, 1.54) is 23.4 Å². The van der Waals surface area contributed by atoms with Crippen molar-refractivity contribution in [2.24, 2.45) is 0 Å². The second-order valence-corrected chi connectivity index (χ2v) is 5.29. The molecule has 1 aliphatic heterocycles. The Morgan fingerprint density at radius 3 is 2.74 bits per heavy atom. The second kappa shape index (κ2) is 5.96. The van der Waals surface area contributed by atoms with Gasteiger partial charge < -0.3 is 5.32 Å².